The molecule has 1 aliphatic rings. The Balaban J connectivity index is 0.000000878. The van der Waals surface area contributed by atoms with Crippen molar-refractivity contribution < 1.29 is 23.4 Å². The van der Waals surface area contributed by atoms with E-state index in [2.05, 4.69) is 36.1 Å². The van der Waals surface area contributed by atoms with Crippen LogP contribution in [0.15, 0.2) is 36.4 Å². The Hall–Kier alpha value is -2.00. The Morgan fingerprint density at radius 3 is 2.36 bits per heavy atom. The van der Waals surface area contributed by atoms with E-state index >= 15 is 0 Å². The molecule has 1 aliphatic heterocycles. The average molecular weight is 409 g/mol. The molecule has 2 aromatic rings. The van der Waals surface area contributed by atoms with E-state index in [1.54, 1.807) is 0 Å². The topological polar surface area (TPSA) is 98.2 Å². The summed E-state index contributed by atoms with van der Waals surface area (Å²) in [5.41, 5.74) is 2.46. The highest BCUT2D eigenvalue weighted by molar-refractivity contribution is 7.89. The predicted octanol–water partition coefficient (Wildman–Crippen LogP) is 1.53. The molecular weight excluding hydrogens is 380 g/mol. The second-order valence-electron chi connectivity index (χ2n) is 7.28. The van der Waals surface area contributed by atoms with E-state index in [1.165, 1.54) is 40.3 Å². The molecule has 0 aromatic heterocycles. The van der Waals surface area contributed by atoms with E-state index in [9.17, 15) is 13.5 Å². The van der Waals surface area contributed by atoms with Crippen LogP contribution in [0.2, 0.25) is 0 Å². The van der Waals surface area contributed by atoms with Gasteiger partial charge < -0.3 is 10.2 Å². The first-order valence-corrected chi connectivity index (χ1v) is 10.7. The maximum atomic E-state index is 12.1. The lowest BCUT2D eigenvalue weighted by Crippen LogP contribution is -2.33. The summed E-state index contributed by atoms with van der Waals surface area (Å²) in [4.78, 5) is 10.5. The van der Waals surface area contributed by atoms with Crippen LogP contribution in [0.3, 0.4) is 0 Å². The van der Waals surface area contributed by atoms with Crippen molar-refractivity contribution in [3.63, 3.8) is 0 Å². The van der Waals surface area contributed by atoms with Crippen molar-refractivity contribution in [3.8, 4) is 0 Å². The second-order valence-corrected chi connectivity index (χ2v) is 9.50. The summed E-state index contributed by atoms with van der Waals surface area (Å²) in [6.07, 6.45) is -0.605. The number of carbonyl (C=O) groups is 1. The summed E-state index contributed by atoms with van der Waals surface area (Å²) in [6, 6.07) is 12.6. The van der Waals surface area contributed by atoms with Crippen molar-refractivity contribution in [2.24, 2.45) is 5.92 Å². The number of carboxylic acid groups (broad SMARTS) is 1. The van der Waals surface area contributed by atoms with Crippen LogP contribution in [0.4, 0.5) is 0 Å². The zero-order valence-corrected chi connectivity index (χ0v) is 17.3. The highest BCUT2D eigenvalue weighted by atomic mass is 32.2. The van der Waals surface area contributed by atoms with Gasteiger partial charge in [0.1, 0.15) is 0 Å². The summed E-state index contributed by atoms with van der Waals surface area (Å²) in [6.45, 7) is 3.68. The molecule has 0 amide bonds. The predicted molar refractivity (Wildman–Crippen MR) is 110 cm³/mol. The highest BCUT2D eigenvalue weighted by Crippen LogP contribution is 2.26. The Labute approximate surface area is 166 Å². The largest absolute Gasteiger partial charge is 0.483 e. The Morgan fingerprint density at radius 1 is 1.14 bits per heavy atom. The van der Waals surface area contributed by atoms with Crippen LogP contribution in [-0.4, -0.2) is 73.3 Å². The number of hydrogen-bond donors (Lipinski definition) is 2. The first kappa shape index (κ1) is 22.3. The summed E-state index contributed by atoms with van der Waals surface area (Å²) in [7, 11) is -0.235. The summed E-state index contributed by atoms with van der Waals surface area (Å²) in [5.74, 6) is -0.254. The summed E-state index contributed by atoms with van der Waals surface area (Å²) < 4.78 is 25.4. The van der Waals surface area contributed by atoms with Gasteiger partial charge in [0.05, 0.1) is 11.9 Å². The van der Waals surface area contributed by atoms with Crippen molar-refractivity contribution in [1.82, 2.24) is 9.21 Å². The van der Waals surface area contributed by atoms with Crippen LogP contribution in [0.25, 0.3) is 10.8 Å². The van der Waals surface area contributed by atoms with Crippen molar-refractivity contribution in [2.45, 2.75) is 19.6 Å². The SMILES string of the molecule is Cc1ccc(CN2C[C@@H](CS(=O)(=O)N(C)C)[C@H](O)C2)c2ccccc12.O=CO. The fraction of sp³-hybridized carbons (Fsp3) is 0.450. The van der Waals surface area contributed by atoms with E-state index in [0.717, 1.165) is 6.54 Å². The Morgan fingerprint density at radius 2 is 1.75 bits per heavy atom. The van der Waals surface area contributed by atoms with Crippen molar-refractivity contribution in [1.29, 1.82) is 0 Å². The fourth-order valence-electron chi connectivity index (χ4n) is 3.54. The average Bonchev–Trinajstić information content (AvgIpc) is 2.97. The minimum atomic E-state index is -3.30. The number of rotatable bonds is 5. The number of likely N-dealkylation sites (tertiary alicyclic amines) is 1. The smallest absolute Gasteiger partial charge is 0.290 e. The number of nitrogens with zero attached hydrogens (tertiary/aromatic N) is 2. The minimum Gasteiger partial charge on any atom is -0.483 e. The van der Waals surface area contributed by atoms with Gasteiger partial charge in [0.25, 0.3) is 6.47 Å². The second kappa shape index (κ2) is 9.47. The van der Waals surface area contributed by atoms with Crippen LogP contribution >= 0.6 is 0 Å². The molecule has 3 rings (SSSR count). The van der Waals surface area contributed by atoms with Crippen molar-refractivity contribution in [3.05, 3.63) is 47.5 Å². The Bertz CT molecular complexity index is 914. The molecule has 8 heteroatoms. The molecule has 154 valence electrons. The molecular formula is C20H28N2O5S. The molecule has 1 heterocycles. The van der Waals surface area contributed by atoms with Gasteiger partial charge in [-0.15, -0.1) is 0 Å². The number of benzene rings is 2. The quantitative estimate of drug-likeness (QED) is 0.728. The number of fused-ring (bicyclic) bond motifs is 1. The van der Waals surface area contributed by atoms with Gasteiger partial charge in [-0.05, 0) is 28.8 Å². The van der Waals surface area contributed by atoms with E-state index < -0.39 is 16.1 Å². The van der Waals surface area contributed by atoms with Crippen LogP contribution in [0.5, 0.6) is 0 Å². The highest BCUT2D eigenvalue weighted by Gasteiger charge is 2.35. The first-order valence-electron chi connectivity index (χ1n) is 9.05. The van der Waals surface area contributed by atoms with Crippen molar-refractivity contribution >= 4 is 27.3 Å². The summed E-state index contributed by atoms with van der Waals surface area (Å²) in [5, 5.41) is 19.7. The van der Waals surface area contributed by atoms with Crippen LogP contribution in [0, 0.1) is 12.8 Å². The molecule has 0 bridgehead atoms. The molecule has 1 fully saturated rings. The summed E-state index contributed by atoms with van der Waals surface area (Å²) >= 11 is 0. The fourth-order valence-corrected chi connectivity index (χ4v) is 4.71. The first-order chi connectivity index (χ1) is 13.2. The van der Waals surface area contributed by atoms with Gasteiger partial charge in [-0.2, -0.15) is 0 Å². The molecule has 2 N–H and O–H groups in total. The molecule has 0 unspecified atom stereocenters. The van der Waals surface area contributed by atoms with Crippen LogP contribution in [0.1, 0.15) is 11.1 Å². The van der Waals surface area contributed by atoms with Crippen LogP contribution < -0.4 is 0 Å². The molecule has 0 spiro atoms. The van der Waals surface area contributed by atoms with Gasteiger partial charge in [0, 0.05) is 39.6 Å². The lowest BCUT2D eigenvalue weighted by Gasteiger charge is -2.19. The van der Waals surface area contributed by atoms with Gasteiger partial charge >= 0.3 is 0 Å². The molecule has 0 aliphatic carbocycles. The van der Waals surface area contributed by atoms with E-state index in [1.807, 2.05) is 12.1 Å². The van der Waals surface area contributed by atoms with Gasteiger partial charge in [0.15, 0.2) is 0 Å². The normalized spacial score (nSPS) is 20.2. The lowest BCUT2D eigenvalue weighted by atomic mass is 10.00. The number of sulfonamides is 1. The zero-order valence-electron chi connectivity index (χ0n) is 16.4. The maximum absolute atomic E-state index is 12.1. The van der Waals surface area contributed by atoms with E-state index in [0.29, 0.717) is 13.1 Å². The third-order valence-corrected chi connectivity index (χ3v) is 7.05. The van der Waals surface area contributed by atoms with Crippen molar-refractivity contribution in [2.75, 3.05) is 32.9 Å². The zero-order chi connectivity index (χ0) is 20.9. The number of β-amino-alcohol motifs (C(OH)–C–C–N with tert-alkyl or cyclic N) is 1. The number of aryl methyl sites for hydroxylation is 1. The molecule has 1 saturated heterocycles. The number of aliphatic hydroxyl groups is 1. The maximum Gasteiger partial charge on any atom is 0.290 e. The number of aliphatic hydroxyl groups excluding tert-OH is 1. The van der Waals surface area contributed by atoms with Gasteiger partial charge in [-0.3, -0.25) is 9.69 Å². The minimum absolute atomic E-state index is 0.00763. The number of hydrogen-bond acceptors (Lipinski definition) is 5. The molecule has 0 radical (unpaired) electrons. The molecule has 7 nitrogen and oxygen atoms in total. The van der Waals surface area contributed by atoms with E-state index in [-0.39, 0.29) is 18.1 Å². The molecule has 2 atom stereocenters. The molecule has 2 aromatic carbocycles. The third-order valence-electron chi connectivity index (χ3n) is 5.09. The monoisotopic (exact) mass is 408 g/mol. The standard InChI is InChI=1S/C19H26N2O3S.CH2O2/c1-14-8-9-15(18-7-5-4-6-17(14)18)10-21-11-16(19(22)12-21)13-25(23,24)20(2)3;2-1-3/h4-9,16,19,22H,10-13H2,1-3H3;1H,(H,2,3)/t16-,19+;/m0./s1. The van der Waals surface area contributed by atoms with Crippen LogP contribution in [-0.2, 0) is 21.4 Å². The Kier molecular flexibility index (Phi) is 7.54. The van der Waals surface area contributed by atoms with Gasteiger partial charge in [0.2, 0.25) is 10.0 Å². The molecule has 28 heavy (non-hydrogen) atoms. The van der Waals surface area contributed by atoms with Gasteiger partial charge in [-0.1, -0.05) is 36.4 Å². The van der Waals surface area contributed by atoms with Gasteiger partial charge in [-0.25, -0.2) is 12.7 Å². The van der Waals surface area contributed by atoms with E-state index in [4.69, 9.17) is 9.90 Å². The third kappa shape index (κ3) is 5.29. The molecule has 0 saturated carbocycles. The lowest BCUT2D eigenvalue weighted by molar-refractivity contribution is -0.122.